The van der Waals surface area contributed by atoms with Crippen LogP contribution in [0.5, 0.6) is 0 Å². The molecule has 0 aliphatic carbocycles. The third kappa shape index (κ3) is 3.00. The number of aliphatic carboxylic acids is 1. The number of carboxylic acid groups (broad SMARTS) is 1. The zero-order valence-electron chi connectivity index (χ0n) is 12.1. The van der Waals surface area contributed by atoms with E-state index in [0.717, 1.165) is 31.6 Å². The standard InChI is InChI=1S/C16H17N3O3/c20-15(21)9-11-4-6-12(7-5-11)18-16(22)13-10-17-14-3-1-2-8-19(13)14/h4-7,10H,1-3,8-9H2,(H,18,22)(H,20,21). The molecule has 0 saturated heterocycles. The lowest BCUT2D eigenvalue weighted by Crippen LogP contribution is -2.20. The second-order valence-corrected chi connectivity index (χ2v) is 5.39. The predicted octanol–water partition coefficient (Wildman–Crippen LogP) is 2.10. The number of aromatic nitrogens is 2. The van der Waals surface area contributed by atoms with Crippen molar-refractivity contribution in [3.8, 4) is 0 Å². The van der Waals surface area contributed by atoms with Gasteiger partial charge in [-0.1, -0.05) is 12.1 Å². The molecule has 2 N–H and O–H groups in total. The first kappa shape index (κ1) is 14.3. The minimum absolute atomic E-state index is 0.0235. The van der Waals surface area contributed by atoms with E-state index in [9.17, 15) is 9.59 Å². The highest BCUT2D eigenvalue weighted by molar-refractivity contribution is 6.03. The molecule has 1 aliphatic rings. The molecule has 6 nitrogen and oxygen atoms in total. The monoisotopic (exact) mass is 299 g/mol. The SMILES string of the molecule is O=C(O)Cc1ccc(NC(=O)c2cnc3n2CCCC3)cc1. The molecule has 0 fully saturated rings. The summed E-state index contributed by atoms with van der Waals surface area (Å²) in [7, 11) is 0. The number of imidazole rings is 1. The fourth-order valence-corrected chi connectivity index (χ4v) is 2.67. The van der Waals surface area contributed by atoms with Crippen molar-refractivity contribution in [1.29, 1.82) is 0 Å². The largest absolute Gasteiger partial charge is 0.481 e. The van der Waals surface area contributed by atoms with E-state index in [1.165, 1.54) is 0 Å². The van der Waals surface area contributed by atoms with Crippen LogP contribution in [-0.2, 0) is 24.2 Å². The van der Waals surface area contributed by atoms with E-state index in [1.54, 1.807) is 30.5 Å². The number of hydrogen-bond donors (Lipinski definition) is 2. The van der Waals surface area contributed by atoms with Gasteiger partial charge in [-0.15, -0.1) is 0 Å². The lowest BCUT2D eigenvalue weighted by Gasteiger charge is -2.16. The smallest absolute Gasteiger partial charge is 0.307 e. The molecule has 0 atom stereocenters. The Hall–Kier alpha value is -2.63. The van der Waals surface area contributed by atoms with Crippen LogP contribution in [0.3, 0.4) is 0 Å². The summed E-state index contributed by atoms with van der Waals surface area (Å²) in [5.74, 6) is -0.0949. The third-order valence-corrected chi connectivity index (χ3v) is 3.77. The van der Waals surface area contributed by atoms with Crippen LogP contribution in [-0.4, -0.2) is 26.5 Å². The molecule has 1 aromatic carbocycles. The summed E-state index contributed by atoms with van der Waals surface area (Å²) < 4.78 is 1.97. The lowest BCUT2D eigenvalue weighted by molar-refractivity contribution is -0.136. The van der Waals surface area contributed by atoms with Gasteiger partial charge in [-0.3, -0.25) is 9.59 Å². The molecule has 2 aromatic rings. The summed E-state index contributed by atoms with van der Waals surface area (Å²) in [5.41, 5.74) is 1.92. The average Bonchev–Trinajstić information content (AvgIpc) is 2.93. The molecule has 0 unspecified atom stereocenters. The average molecular weight is 299 g/mol. The summed E-state index contributed by atoms with van der Waals surface area (Å²) >= 11 is 0. The second kappa shape index (κ2) is 6.01. The van der Waals surface area contributed by atoms with Gasteiger partial charge in [0, 0.05) is 18.7 Å². The van der Waals surface area contributed by atoms with Crippen molar-refractivity contribution >= 4 is 17.6 Å². The van der Waals surface area contributed by atoms with Gasteiger partial charge in [-0.2, -0.15) is 0 Å². The Bertz CT molecular complexity index is 704. The number of carbonyl (C=O) groups is 2. The topological polar surface area (TPSA) is 84.2 Å². The van der Waals surface area contributed by atoms with Crippen LogP contribution in [0.4, 0.5) is 5.69 Å². The van der Waals surface area contributed by atoms with Crippen LogP contribution in [0.2, 0.25) is 0 Å². The molecule has 2 heterocycles. The van der Waals surface area contributed by atoms with Gasteiger partial charge in [-0.05, 0) is 30.5 Å². The molecule has 0 radical (unpaired) electrons. The predicted molar refractivity (Wildman–Crippen MR) is 80.9 cm³/mol. The maximum atomic E-state index is 12.3. The lowest BCUT2D eigenvalue weighted by atomic mass is 10.1. The van der Waals surface area contributed by atoms with Gasteiger partial charge in [0.2, 0.25) is 0 Å². The summed E-state index contributed by atoms with van der Waals surface area (Å²) in [6.07, 6.45) is 4.69. The zero-order valence-corrected chi connectivity index (χ0v) is 12.1. The molecule has 0 saturated carbocycles. The number of fused-ring (bicyclic) bond motifs is 1. The molecular weight excluding hydrogens is 282 g/mol. The summed E-state index contributed by atoms with van der Waals surface area (Å²) in [6.45, 7) is 0.829. The van der Waals surface area contributed by atoms with Crippen molar-refractivity contribution in [2.75, 3.05) is 5.32 Å². The highest BCUT2D eigenvalue weighted by Crippen LogP contribution is 2.18. The summed E-state index contributed by atoms with van der Waals surface area (Å²) in [4.78, 5) is 27.3. The van der Waals surface area contributed by atoms with Crippen molar-refractivity contribution in [2.45, 2.75) is 32.2 Å². The fourth-order valence-electron chi connectivity index (χ4n) is 2.67. The number of hydrogen-bond acceptors (Lipinski definition) is 3. The second-order valence-electron chi connectivity index (χ2n) is 5.39. The Labute approximate surface area is 127 Å². The number of benzene rings is 1. The van der Waals surface area contributed by atoms with Gasteiger partial charge < -0.3 is 15.0 Å². The van der Waals surface area contributed by atoms with Gasteiger partial charge in [0.05, 0.1) is 12.6 Å². The van der Waals surface area contributed by atoms with Gasteiger partial charge >= 0.3 is 5.97 Å². The Morgan fingerprint density at radius 2 is 2.00 bits per heavy atom. The van der Waals surface area contributed by atoms with Gasteiger partial charge in [0.25, 0.3) is 5.91 Å². The highest BCUT2D eigenvalue weighted by Gasteiger charge is 2.18. The van der Waals surface area contributed by atoms with Crippen molar-refractivity contribution in [3.05, 3.63) is 47.5 Å². The Balaban J connectivity index is 1.71. The van der Waals surface area contributed by atoms with Crippen LogP contribution in [0.25, 0.3) is 0 Å². The van der Waals surface area contributed by atoms with Crippen molar-refractivity contribution < 1.29 is 14.7 Å². The Kier molecular flexibility index (Phi) is 3.91. The molecule has 0 bridgehead atoms. The number of rotatable bonds is 4. The van der Waals surface area contributed by atoms with Crippen molar-refractivity contribution in [3.63, 3.8) is 0 Å². The number of carboxylic acids is 1. The van der Waals surface area contributed by atoms with E-state index in [4.69, 9.17) is 5.11 Å². The number of aryl methyl sites for hydroxylation is 1. The van der Waals surface area contributed by atoms with Crippen LogP contribution >= 0.6 is 0 Å². The first-order valence-electron chi connectivity index (χ1n) is 7.30. The van der Waals surface area contributed by atoms with Crippen molar-refractivity contribution in [1.82, 2.24) is 9.55 Å². The third-order valence-electron chi connectivity index (χ3n) is 3.77. The number of nitrogens with one attached hydrogen (secondary N) is 1. The molecule has 0 spiro atoms. The zero-order chi connectivity index (χ0) is 15.5. The van der Waals surface area contributed by atoms with E-state index >= 15 is 0 Å². The van der Waals surface area contributed by atoms with Crippen LogP contribution in [0.15, 0.2) is 30.5 Å². The number of nitrogens with zero attached hydrogens (tertiary/aromatic N) is 2. The van der Waals surface area contributed by atoms with E-state index in [1.807, 2.05) is 4.57 Å². The first-order chi connectivity index (χ1) is 10.6. The first-order valence-corrected chi connectivity index (χ1v) is 7.30. The summed E-state index contributed by atoms with van der Waals surface area (Å²) in [5, 5.41) is 11.6. The number of anilines is 1. The molecule has 1 aromatic heterocycles. The van der Waals surface area contributed by atoms with Crippen LogP contribution in [0.1, 0.15) is 34.7 Å². The maximum absolute atomic E-state index is 12.3. The van der Waals surface area contributed by atoms with Crippen LogP contribution in [0, 0.1) is 0 Å². The molecule has 22 heavy (non-hydrogen) atoms. The normalized spacial score (nSPS) is 13.5. The van der Waals surface area contributed by atoms with E-state index in [0.29, 0.717) is 16.9 Å². The van der Waals surface area contributed by atoms with E-state index < -0.39 is 5.97 Å². The minimum Gasteiger partial charge on any atom is -0.481 e. The quantitative estimate of drug-likeness (QED) is 0.905. The van der Waals surface area contributed by atoms with Crippen LogP contribution < -0.4 is 5.32 Å². The highest BCUT2D eigenvalue weighted by atomic mass is 16.4. The molecule has 1 amide bonds. The van der Waals surface area contributed by atoms with E-state index in [-0.39, 0.29) is 12.3 Å². The molecule has 6 heteroatoms. The molecule has 3 rings (SSSR count). The van der Waals surface area contributed by atoms with Gasteiger partial charge in [0.15, 0.2) is 0 Å². The Morgan fingerprint density at radius 1 is 1.23 bits per heavy atom. The van der Waals surface area contributed by atoms with Gasteiger partial charge in [-0.25, -0.2) is 4.98 Å². The number of amides is 1. The maximum Gasteiger partial charge on any atom is 0.307 e. The number of carbonyl (C=O) groups excluding carboxylic acids is 1. The molecule has 114 valence electrons. The van der Waals surface area contributed by atoms with Crippen molar-refractivity contribution in [2.24, 2.45) is 0 Å². The minimum atomic E-state index is -0.873. The Morgan fingerprint density at radius 3 is 2.73 bits per heavy atom. The van der Waals surface area contributed by atoms with Gasteiger partial charge in [0.1, 0.15) is 11.5 Å². The molecule has 1 aliphatic heterocycles. The summed E-state index contributed by atoms with van der Waals surface area (Å²) in [6, 6.07) is 6.83. The molecular formula is C16H17N3O3. The fraction of sp³-hybridized carbons (Fsp3) is 0.312. The van der Waals surface area contributed by atoms with E-state index in [2.05, 4.69) is 10.3 Å².